The summed E-state index contributed by atoms with van der Waals surface area (Å²) < 4.78 is 27.9. The van der Waals surface area contributed by atoms with Gasteiger partial charge in [-0.05, 0) is 6.92 Å². The molecule has 2 aliphatic heterocycles. The Kier molecular flexibility index (Phi) is 5.67. The molecule has 2 saturated heterocycles. The Morgan fingerprint density at radius 2 is 2.00 bits per heavy atom. The zero-order valence-electron chi connectivity index (χ0n) is 13.6. The van der Waals surface area contributed by atoms with Crippen LogP contribution in [-0.2, 0) is 32.2 Å². The predicted octanol–water partition coefficient (Wildman–Crippen LogP) is 2.74. The fraction of sp³-hybridized carbons (Fsp3) is 0.556. The Balaban J connectivity index is 1.70. The molecule has 0 saturated carbocycles. The summed E-state index contributed by atoms with van der Waals surface area (Å²) in [7, 11) is 0. The molecule has 0 bridgehead atoms. The maximum atomic E-state index is 5.88. The molecule has 23 heavy (non-hydrogen) atoms. The number of benzene rings is 1. The molecule has 0 aliphatic carbocycles. The van der Waals surface area contributed by atoms with Gasteiger partial charge in [0.1, 0.15) is 18.5 Å². The molecule has 5 nitrogen and oxygen atoms in total. The quantitative estimate of drug-likeness (QED) is 0.490. The molecule has 1 aromatic carbocycles. The van der Waals surface area contributed by atoms with Crippen LogP contribution >= 0.6 is 0 Å². The van der Waals surface area contributed by atoms with Crippen LogP contribution in [0.15, 0.2) is 24.8 Å². The van der Waals surface area contributed by atoms with Gasteiger partial charge in [0, 0.05) is 17.5 Å². The molecular weight excluding hydrogens is 296 g/mol. The smallest absolute Gasteiger partial charge is 0.160 e. The van der Waals surface area contributed by atoms with Gasteiger partial charge in [-0.1, -0.05) is 30.4 Å². The van der Waals surface area contributed by atoms with Gasteiger partial charge in [-0.25, -0.2) is 0 Å². The van der Waals surface area contributed by atoms with E-state index in [2.05, 4.69) is 25.6 Å². The Labute approximate surface area is 137 Å². The second-order valence-corrected chi connectivity index (χ2v) is 5.88. The third kappa shape index (κ3) is 4.78. The molecule has 1 aromatic rings. The minimum atomic E-state index is -0.0884. The first-order valence-electron chi connectivity index (χ1n) is 8.05. The molecular formula is C18H24O5. The first-order valence-corrected chi connectivity index (χ1v) is 8.05. The van der Waals surface area contributed by atoms with Crippen molar-refractivity contribution in [2.24, 2.45) is 0 Å². The van der Waals surface area contributed by atoms with Gasteiger partial charge in [0.15, 0.2) is 6.29 Å². The predicted molar refractivity (Wildman–Crippen MR) is 85.4 cm³/mol. The molecule has 0 aromatic heterocycles. The van der Waals surface area contributed by atoms with E-state index in [9.17, 15) is 0 Å². The Hall–Kier alpha value is -1.40. The first-order chi connectivity index (χ1) is 11.3. The first kappa shape index (κ1) is 16.5. The largest absolute Gasteiger partial charge is 0.489 e. The molecule has 0 spiro atoms. The molecule has 3 rings (SSSR count). The molecule has 2 heterocycles. The van der Waals surface area contributed by atoms with E-state index < -0.39 is 0 Å². The fourth-order valence-electron chi connectivity index (χ4n) is 2.46. The van der Waals surface area contributed by atoms with Gasteiger partial charge in [0.05, 0.1) is 33.0 Å². The molecule has 2 atom stereocenters. The van der Waals surface area contributed by atoms with E-state index in [1.165, 1.54) is 0 Å². The van der Waals surface area contributed by atoms with E-state index in [1.807, 2.05) is 0 Å². The van der Waals surface area contributed by atoms with Crippen LogP contribution in [0.2, 0.25) is 0 Å². The normalized spacial score (nSPS) is 22.5. The van der Waals surface area contributed by atoms with Crippen LogP contribution in [0.4, 0.5) is 0 Å². The Morgan fingerprint density at radius 3 is 2.61 bits per heavy atom. The summed E-state index contributed by atoms with van der Waals surface area (Å²) in [6, 6.07) is 4.18. The number of epoxide rings is 1. The molecule has 2 aliphatic rings. The van der Waals surface area contributed by atoms with Crippen LogP contribution in [-0.4, -0.2) is 38.8 Å². The van der Waals surface area contributed by atoms with Crippen molar-refractivity contribution in [3.8, 4) is 5.75 Å². The summed E-state index contributed by atoms with van der Waals surface area (Å²) in [6.45, 7) is 9.41. The van der Waals surface area contributed by atoms with Gasteiger partial charge < -0.3 is 23.7 Å². The van der Waals surface area contributed by atoms with Crippen molar-refractivity contribution in [1.82, 2.24) is 0 Å². The highest BCUT2D eigenvalue weighted by Gasteiger charge is 2.23. The number of ether oxygens (including phenoxy) is 5. The average molecular weight is 320 g/mol. The Morgan fingerprint density at radius 1 is 1.26 bits per heavy atom. The lowest BCUT2D eigenvalue weighted by molar-refractivity contribution is -0.220. The second-order valence-electron chi connectivity index (χ2n) is 5.88. The van der Waals surface area contributed by atoms with E-state index in [0.717, 1.165) is 42.1 Å². The fourth-order valence-corrected chi connectivity index (χ4v) is 2.46. The topological polar surface area (TPSA) is 49.5 Å². The molecule has 126 valence electrons. The maximum absolute atomic E-state index is 5.88. The standard InChI is InChI=1S/C18H24O5/c1-3-5-21-18-14(9-19-11-16-12-22-16)7-13(2)8-15(18)10-23-17-4-6-20-17/h3,7-8,16-17H,1,4-6,9-12H2,2H3. The SMILES string of the molecule is C=CCOc1c(COCC2CO2)cc(C)cc1COC1CCO1. The zero-order valence-corrected chi connectivity index (χ0v) is 13.6. The number of hydrogen-bond acceptors (Lipinski definition) is 5. The number of rotatable bonds is 10. The molecule has 0 radical (unpaired) electrons. The van der Waals surface area contributed by atoms with Crippen molar-refractivity contribution in [2.45, 2.75) is 39.0 Å². The van der Waals surface area contributed by atoms with Crippen molar-refractivity contribution in [3.63, 3.8) is 0 Å². The lowest BCUT2D eigenvalue weighted by Gasteiger charge is -2.27. The van der Waals surface area contributed by atoms with Crippen molar-refractivity contribution >= 4 is 0 Å². The van der Waals surface area contributed by atoms with Gasteiger partial charge in [-0.15, -0.1) is 0 Å². The highest BCUT2D eigenvalue weighted by Crippen LogP contribution is 2.29. The molecule has 2 fully saturated rings. The van der Waals surface area contributed by atoms with Crippen molar-refractivity contribution in [2.75, 3.05) is 26.4 Å². The summed E-state index contributed by atoms with van der Waals surface area (Å²) in [5.74, 6) is 0.825. The summed E-state index contributed by atoms with van der Waals surface area (Å²) in [6.07, 6.45) is 2.86. The highest BCUT2D eigenvalue weighted by atomic mass is 16.7. The van der Waals surface area contributed by atoms with Gasteiger partial charge in [-0.3, -0.25) is 0 Å². The van der Waals surface area contributed by atoms with Gasteiger partial charge in [0.25, 0.3) is 0 Å². The van der Waals surface area contributed by atoms with Crippen LogP contribution < -0.4 is 4.74 Å². The van der Waals surface area contributed by atoms with E-state index in [-0.39, 0.29) is 12.4 Å². The van der Waals surface area contributed by atoms with Crippen LogP contribution in [0.3, 0.4) is 0 Å². The van der Waals surface area contributed by atoms with Crippen molar-refractivity contribution in [1.29, 1.82) is 0 Å². The number of aryl methyl sites for hydroxylation is 1. The monoisotopic (exact) mass is 320 g/mol. The van der Waals surface area contributed by atoms with Crippen LogP contribution in [0.1, 0.15) is 23.1 Å². The van der Waals surface area contributed by atoms with E-state index in [4.69, 9.17) is 23.7 Å². The van der Waals surface area contributed by atoms with E-state index in [0.29, 0.717) is 26.4 Å². The maximum Gasteiger partial charge on any atom is 0.160 e. The molecule has 2 unspecified atom stereocenters. The summed E-state index contributed by atoms with van der Waals surface area (Å²) in [5.41, 5.74) is 3.20. The zero-order chi connectivity index (χ0) is 16.1. The minimum Gasteiger partial charge on any atom is -0.489 e. The summed E-state index contributed by atoms with van der Waals surface area (Å²) >= 11 is 0. The van der Waals surface area contributed by atoms with Crippen LogP contribution in [0, 0.1) is 6.92 Å². The lowest BCUT2D eigenvalue weighted by Crippen LogP contribution is -2.29. The van der Waals surface area contributed by atoms with Gasteiger partial charge >= 0.3 is 0 Å². The average Bonchev–Trinajstić information content (AvgIpc) is 3.29. The Bertz CT molecular complexity index is 534. The van der Waals surface area contributed by atoms with E-state index in [1.54, 1.807) is 6.08 Å². The molecule has 0 N–H and O–H groups in total. The van der Waals surface area contributed by atoms with Gasteiger partial charge in [-0.2, -0.15) is 0 Å². The van der Waals surface area contributed by atoms with Crippen molar-refractivity contribution < 1.29 is 23.7 Å². The van der Waals surface area contributed by atoms with Crippen LogP contribution in [0.25, 0.3) is 0 Å². The van der Waals surface area contributed by atoms with E-state index >= 15 is 0 Å². The third-order valence-corrected chi connectivity index (χ3v) is 3.78. The highest BCUT2D eigenvalue weighted by molar-refractivity contribution is 5.44. The van der Waals surface area contributed by atoms with Crippen LogP contribution in [0.5, 0.6) is 5.75 Å². The summed E-state index contributed by atoms with van der Waals surface area (Å²) in [5, 5.41) is 0. The second kappa shape index (κ2) is 7.93. The van der Waals surface area contributed by atoms with Crippen molar-refractivity contribution in [3.05, 3.63) is 41.5 Å². The minimum absolute atomic E-state index is 0.0884. The molecule has 5 heteroatoms. The molecule has 0 amide bonds. The number of hydrogen-bond donors (Lipinski definition) is 0. The summed E-state index contributed by atoms with van der Waals surface area (Å²) in [4.78, 5) is 0. The third-order valence-electron chi connectivity index (χ3n) is 3.78. The lowest BCUT2D eigenvalue weighted by atomic mass is 10.1. The van der Waals surface area contributed by atoms with Gasteiger partial charge in [0.2, 0.25) is 0 Å².